The van der Waals surface area contributed by atoms with Gasteiger partial charge in [0.15, 0.2) is 11.6 Å². The molecule has 276 valence electrons. The highest BCUT2D eigenvalue weighted by molar-refractivity contribution is 7.21. The smallest absolute Gasteiger partial charge is 0.238 e. The summed E-state index contributed by atoms with van der Waals surface area (Å²) in [5.41, 5.74) is 11.3. The lowest BCUT2D eigenvalue weighted by Crippen LogP contribution is -2.07. The molecule has 59 heavy (non-hydrogen) atoms. The summed E-state index contributed by atoms with van der Waals surface area (Å²) in [7, 11) is 0. The van der Waals surface area contributed by atoms with Crippen molar-refractivity contribution in [2.75, 3.05) is 0 Å². The second-order valence-electron chi connectivity index (χ2n) is 14.6. The first-order valence-electron chi connectivity index (χ1n) is 19.7. The summed E-state index contributed by atoms with van der Waals surface area (Å²) in [4.78, 5) is 21.1. The van der Waals surface area contributed by atoms with Gasteiger partial charge in [0.05, 0.1) is 38.0 Å². The van der Waals surface area contributed by atoms with Gasteiger partial charge < -0.3 is 4.57 Å². The van der Waals surface area contributed by atoms with E-state index in [0.717, 1.165) is 87.0 Å². The van der Waals surface area contributed by atoms with Crippen LogP contribution in [0.15, 0.2) is 194 Å². The predicted octanol–water partition coefficient (Wildman–Crippen LogP) is 13.3. The molecule has 6 nitrogen and oxygen atoms in total. The van der Waals surface area contributed by atoms with Gasteiger partial charge in [0, 0.05) is 38.2 Å². The maximum absolute atomic E-state index is 5.43. The molecule has 0 aliphatic heterocycles. The van der Waals surface area contributed by atoms with E-state index < -0.39 is 0 Å². The van der Waals surface area contributed by atoms with Crippen LogP contribution in [0.4, 0.5) is 0 Å². The van der Waals surface area contributed by atoms with Crippen molar-refractivity contribution in [2.45, 2.75) is 0 Å². The topological polar surface area (TPSA) is 61.4 Å². The van der Waals surface area contributed by atoms with E-state index in [1.807, 2.05) is 24.3 Å². The molecule has 0 fully saturated rings. The van der Waals surface area contributed by atoms with Crippen molar-refractivity contribution in [3.05, 3.63) is 194 Å². The van der Waals surface area contributed by atoms with E-state index in [1.54, 1.807) is 11.3 Å². The minimum atomic E-state index is 0.548. The average Bonchev–Trinajstić information content (AvgIpc) is 4.00. The quantitative estimate of drug-likeness (QED) is 0.169. The molecule has 0 unspecified atom stereocenters. The second kappa shape index (κ2) is 13.4. The lowest BCUT2D eigenvalue weighted by molar-refractivity contribution is 0.953. The maximum atomic E-state index is 5.43. The Morgan fingerprint density at radius 3 is 1.63 bits per heavy atom. The largest absolute Gasteiger partial charge is 0.306 e. The van der Waals surface area contributed by atoms with Crippen LogP contribution in [0.5, 0.6) is 0 Å². The number of fused-ring (bicyclic) bond motifs is 8. The van der Waals surface area contributed by atoms with E-state index in [9.17, 15) is 0 Å². The normalized spacial score (nSPS) is 11.7. The lowest BCUT2D eigenvalue weighted by Gasteiger charge is -2.15. The van der Waals surface area contributed by atoms with Gasteiger partial charge in [-0.2, -0.15) is 9.97 Å². The van der Waals surface area contributed by atoms with E-state index in [0.29, 0.717) is 17.6 Å². The summed E-state index contributed by atoms with van der Waals surface area (Å²) in [6, 6.07) is 67.8. The van der Waals surface area contributed by atoms with Crippen molar-refractivity contribution in [1.29, 1.82) is 0 Å². The third kappa shape index (κ3) is 5.33. The van der Waals surface area contributed by atoms with Gasteiger partial charge in [0.25, 0.3) is 0 Å². The number of benzene rings is 8. The molecule has 0 N–H and O–H groups in total. The van der Waals surface area contributed by atoms with Crippen molar-refractivity contribution in [2.24, 2.45) is 0 Å². The van der Waals surface area contributed by atoms with E-state index in [1.165, 1.54) is 5.39 Å². The number of nitrogens with zero attached hydrogens (tertiary/aromatic N) is 6. The molecule has 7 heteroatoms. The Morgan fingerprint density at radius 2 is 0.898 bits per heavy atom. The van der Waals surface area contributed by atoms with Crippen molar-refractivity contribution >= 4 is 65.2 Å². The van der Waals surface area contributed by atoms with Crippen molar-refractivity contribution in [1.82, 2.24) is 29.1 Å². The van der Waals surface area contributed by atoms with Crippen LogP contribution in [-0.4, -0.2) is 29.1 Å². The van der Waals surface area contributed by atoms with Crippen LogP contribution in [0.25, 0.3) is 110 Å². The number of hydrogen-bond acceptors (Lipinski definition) is 5. The van der Waals surface area contributed by atoms with Gasteiger partial charge in [-0.15, -0.1) is 11.3 Å². The maximum Gasteiger partial charge on any atom is 0.238 e. The highest BCUT2D eigenvalue weighted by atomic mass is 32.1. The van der Waals surface area contributed by atoms with Crippen molar-refractivity contribution in [3.8, 4) is 56.1 Å². The number of rotatable bonds is 6. The first kappa shape index (κ1) is 33.4. The number of hydrogen-bond donors (Lipinski definition) is 0. The standard InChI is InChI=1S/C52H32N6S/c1-3-17-33(18-4-1)35-21-7-8-24-40(35)50-54-49(34-19-5-2-6-20-34)55-52(56-50)58-44-28-14-10-23-37(44)39-32-31-38-36-22-9-13-27-43(36)57(47(38)48(39)58)45-29-15-11-25-41(45)51-53-42-26-12-16-30-46(42)59-51/h1-32H. The zero-order valence-electron chi connectivity index (χ0n) is 31.6. The number of thiazole rings is 1. The fraction of sp³-hybridized carbons (Fsp3) is 0. The molecule has 0 spiro atoms. The Morgan fingerprint density at radius 1 is 0.356 bits per heavy atom. The monoisotopic (exact) mass is 772 g/mol. The summed E-state index contributed by atoms with van der Waals surface area (Å²) >= 11 is 1.72. The summed E-state index contributed by atoms with van der Waals surface area (Å²) < 4.78 is 5.84. The van der Waals surface area contributed by atoms with Gasteiger partial charge in [0.1, 0.15) is 5.01 Å². The van der Waals surface area contributed by atoms with Crippen molar-refractivity contribution in [3.63, 3.8) is 0 Å². The molecule has 4 aromatic heterocycles. The molecule has 0 aliphatic carbocycles. The number of para-hydroxylation sites is 4. The van der Waals surface area contributed by atoms with E-state index in [-0.39, 0.29) is 0 Å². The Balaban J connectivity index is 1.21. The SMILES string of the molecule is c1ccc(-c2nc(-c3ccccc3-c3ccccc3)nc(-n3c4ccccc4c4ccc5c6ccccc6n(-c6ccccc6-c6nc7ccccc7s6)c5c43)n2)cc1. The molecular formula is C52H32N6S. The Hall–Kier alpha value is -7.74. The van der Waals surface area contributed by atoms with Crippen molar-refractivity contribution < 1.29 is 0 Å². The third-order valence-electron chi connectivity index (χ3n) is 11.2. The molecule has 12 aromatic rings. The van der Waals surface area contributed by atoms with Crippen LogP contribution in [0.3, 0.4) is 0 Å². The minimum absolute atomic E-state index is 0.548. The van der Waals surface area contributed by atoms with Crippen LogP contribution in [-0.2, 0) is 0 Å². The lowest BCUT2D eigenvalue weighted by atomic mass is 9.99. The minimum Gasteiger partial charge on any atom is -0.306 e. The highest BCUT2D eigenvalue weighted by Crippen LogP contribution is 2.44. The predicted molar refractivity (Wildman–Crippen MR) is 243 cm³/mol. The van der Waals surface area contributed by atoms with E-state index in [4.69, 9.17) is 19.9 Å². The fourth-order valence-corrected chi connectivity index (χ4v) is 9.64. The first-order valence-corrected chi connectivity index (χ1v) is 20.5. The molecule has 8 aromatic carbocycles. The van der Waals surface area contributed by atoms with E-state index in [2.05, 4.69) is 179 Å². The van der Waals surface area contributed by atoms with Gasteiger partial charge in [0.2, 0.25) is 5.95 Å². The van der Waals surface area contributed by atoms with Gasteiger partial charge >= 0.3 is 0 Å². The molecule has 0 aliphatic rings. The van der Waals surface area contributed by atoms with Gasteiger partial charge in [-0.25, -0.2) is 9.97 Å². The Bertz CT molecular complexity index is 3530. The molecule has 4 heterocycles. The molecule has 0 saturated carbocycles. The summed E-state index contributed by atoms with van der Waals surface area (Å²) in [5, 5.41) is 5.52. The van der Waals surface area contributed by atoms with E-state index >= 15 is 0 Å². The Labute approximate surface area is 343 Å². The fourth-order valence-electron chi connectivity index (χ4n) is 8.64. The highest BCUT2D eigenvalue weighted by Gasteiger charge is 2.25. The molecule has 0 radical (unpaired) electrons. The molecule has 0 bridgehead atoms. The number of aromatic nitrogens is 6. The van der Waals surface area contributed by atoms with Gasteiger partial charge in [-0.3, -0.25) is 4.57 Å². The second-order valence-corrected chi connectivity index (χ2v) is 15.7. The molecule has 0 saturated heterocycles. The third-order valence-corrected chi connectivity index (χ3v) is 12.3. The first-order chi connectivity index (χ1) is 29.3. The van der Waals surface area contributed by atoms with Crippen LogP contribution < -0.4 is 0 Å². The molecule has 0 amide bonds. The zero-order valence-corrected chi connectivity index (χ0v) is 32.4. The summed E-state index contributed by atoms with van der Waals surface area (Å²) in [5.74, 6) is 1.76. The van der Waals surface area contributed by atoms with Gasteiger partial charge in [-0.05, 0) is 47.5 Å². The molecule has 12 rings (SSSR count). The van der Waals surface area contributed by atoms with Crippen LogP contribution in [0, 0.1) is 0 Å². The Kier molecular flexibility index (Phi) is 7.61. The van der Waals surface area contributed by atoms with Crippen LogP contribution in [0.1, 0.15) is 0 Å². The summed E-state index contributed by atoms with van der Waals surface area (Å²) in [6.45, 7) is 0. The molecule has 0 atom stereocenters. The van der Waals surface area contributed by atoms with Crippen LogP contribution >= 0.6 is 11.3 Å². The summed E-state index contributed by atoms with van der Waals surface area (Å²) in [6.07, 6.45) is 0. The van der Waals surface area contributed by atoms with Gasteiger partial charge in [-0.1, -0.05) is 158 Å². The zero-order chi connectivity index (χ0) is 38.9. The molecular weight excluding hydrogens is 741 g/mol. The average molecular weight is 773 g/mol. The van der Waals surface area contributed by atoms with Crippen LogP contribution in [0.2, 0.25) is 0 Å².